The smallest absolute Gasteiger partial charge is 0.166 e. The Hall–Kier alpha value is -2.96. The van der Waals surface area contributed by atoms with Crippen molar-refractivity contribution in [1.82, 2.24) is 4.98 Å². The van der Waals surface area contributed by atoms with Gasteiger partial charge in [0.1, 0.15) is 6.61 Å². The third-order valence-corrected chi connectivity index (χ3v) is 5.29. The average Bonchev–Trinajstić information content (AvgIpc) is 2.77. The summed E-state index contributed by atoms with van der Waals surface area (Å²) in [7, 11) is 3.00. The summed E-state index contributed by atoms with van der Waals surface area (Å²) < 4.78 is 30.1. The van der Waals surface area contributed by atoms with Crippen LogP contribution in [0.2, 0.25) is 5.02 Å². The maximum absolute atomic E-state index is 13.9. The van der Waals surface area contributed by atoms with E-state index in [0.29, 0.717) is 29.7 Å². The first-order valence-electron chi connectivity index (χ1n) is 9.43. The molecule has 0 unspecified atom stereocenters. The number of pyridine rings is 1. The lowest BCUT2D eigenvalue weighted by Gasteiger charge is -2.15. The molecule has 0 spiro atoms. The van der Waals surface area contributed by atoms with E-state index in [9.17, 15) is 4.39 Å². The maximum atomic E-state index is 13.9. The number of alkyl halides is 1. The molecule has 5 nitrogen and oxygen atoms in total. The van der Waals surface area contributed by atoms with Gasteiger partial charge in [-0.25, -0.2) is 4.39 Å². The van der Waals surface area contributed by atoms with Gasteiger partial charge in [-0.1, -0.05) is 11.6 Å². The number of nitrogens with zero attached hydrogens (tertiary/aromatic N) is 1. The van der Waals surface area contributed by atoms with Gasteiger partial charge in [0.25, 0.3) is 0 Å². The van der Waals surface area contributed by atoms with Crippen molar-refractivity contribution in [2.24, 2.45) is 0 Å². The molecule has 0 aliphatic carbocycles. The first-order valence-corrected chi connectivity index (χ1v) is 10.3. The third-order valence-electron chi connectivity index (χ3n) is 4.83. The number of anilines is 2. The zero-order chi connectivity index (χ0) is 22.0. The van der Waals surface area contributed by atoms with Crippen molar-refractivity contribution in [2.45, 2.75) is 0 Å². The van der Waals surface area contributed by atoms with E-state index in [4.69, 9.17) is 37.4 Å². The van der Waals surface area contributed by atoms with Crippen molar-refractivity contribution in [1.29, 1.82) is 0 Å². The lowest BCUT2D eigenvalue weighted by molar-refractivity contribution is 0.313. The number of halogens is 3. The highest BCUT2D eigenvalue weighted by molar-refractivity contribution is 6.33. The van der Waals surface area contributed by atoms with Gasteiger partial charge in [-0.15, -0.1) is 11.6 Å². The van der Waals surface area contributed by atoms with Gasteiger partial charge in [-0.3, -0.25) is 4.98 Å². The molecule has 0 aliphatic rings. The molecule has 1 aromatic heterocycles. The normalized spacial score (nSPS) is 11.0. The molecule has 0 bridgehead atoms. The first kappa shape index (κ1) is 21.3. The molecule has 160 valence electrons. The Labute approximate surface area is 188 Å². The second-order valence-corrected chi connectivity index (χ2v) is 7.49. The van der Waals surface area contributed by atoms with Crippen molar-refractivity contribution >= 4 is 56.3 Å². The number of nitrogens with one attached hydrogen (secondary N) is 1. The highest BCUT2D eigenvalue weighted by atomic mass is 35.5. The van der Waals surface area contributed by atoms with Crippen LogP contribution >= 0.6 is 23.2 Å². The summed E-state index contributed by atoms with van der Waals surface area (Å²) in [5, 5.41) is 6.26. The van der Waals surface area contributed by atoms with E-state index in [2.05, 4.69) is 10.3 Å². The van der Waals surface area contributed by atoms with Gasteiger partial charge in [0.2, 0.25) is 0 Å². The Morgan fingerprint density at radius 1 is 0.935 bits per heavy atom. The number of hydrogen-bond donors (Lipinski definition) is 1. The fourth-order valence-electron chi connectivity index (χ4n) is 3.36. The Kier molecular flexibility index (Phi) is 6.20. The van der Waals surface area contributed by atoms with E-state index in [1.54, 1.807) is 13.3 Å². The molecule has 3 aromatic carbocycles. The fraction of sp³-hybridized carbons (Fsp3) is 0.174. The van der Waals surface area contributed by atoms with Crippen LogP contribution in [0.4, 0.5) is 15.8 Å². The zero-order valence-corrected chi connectivity index (χ0v) is 18.4. The van der Waals surface area contributed by atoms with E-state index in [-0.39, 0.29) is 10.8 Å². The second-order valence-electron chi connectivity index (χ2n) is 6.71. The summed E-state index contributed by atoms with van der Waals surface area (Å²) in [6, 6.07) is 12.4. The molecular formula is C23H19Cl2FN2O3. The highest BCUT2D eigenvalue weighted by Crippen LogP contribution is 2.37. The SMILES string of the molecule is COc1cc(Nc2ccnc3cc4cc(OCCCl)c(OC)cc4cc23)c(Cl)cc1F. The predicted molar refractivity (Wildman–Crippen MR) is 123 cm³/mol. The molecule has 0 amide bonds. The molecule has 4 rings (SSSR count). The van der Waals surface area contributed by atoms with E-state index in [1.165, 1.54) is 19.2 Å². The second kappa shape index (κ2) is 9.04. The number of hydrogen-bond acceptors (Lipinski definition) is 5. The van der Waals surface area contributed by atoms with Crippen LogP contribution in [-0.4, -0.2) is 31.7 Å². The van der Waals surface area contributed by atoms with Gasteiger partial charge in [0.15, 0.2) is 23.1 Å². The Balaban J connectivity index is 1.81. The molecule has 1 heterocycles. The number of methoxy groups -OCH3 is 2. The number of benzene rings is 3. The summed E-state index contributed by atoms with van der Waals surface area (Å²) in [6.07, 6.45) is 1.69. The lowest BCUT2D eigenvalue weighted by Crippen LogP contribution is -2.00. The standard InChI is InChI=1S/C23H19Cl2FN2O3/c1-29-21-12-20(16(25)11-17(21)26)28-18-3-5-27-19-8-14-10-23(31-6-4-24)22(30-2)9-13(14)7-15(18)19/h3,5,7-12H,4,6H2,1-2H3,(H,27,28). The van der Waals surface area contributed by atoms with Crippen molar-refractivity contribution in [3.8, 4) is 17.2 Å². The Morgan fingerprint density at radius 2 is 1.68 bits per heavy atom. The minimum Gasteiger partial charge on any atom is -0.494 e. The van der Waals surface area contributed by atoms with Crippen LogP contribution in [0.25, 0.3) is 21.7 Å². The van der Waals surface area contributed by atoms with E-state index < -0.39 is 5.82 Å². The molecule has 0 atom stereocenters. The summed E-state index contributed by atoms with van der Waals surface area (Å²) in [5.74, 6) is 1.19. The fourth-order valence-corrected chi connectivity index (χ4v) is 3.63. The summed E-state index contributed by atoms with van der Waals surface area (Å²) in [4.78, 5) is 4.49. The molecule has 0 fully saturated rings. The Bertz CT molecular complexity index is 1270. The van der Waals surface area contributed by atoms with Crippen LogP contribution in [0, 0.1) is 5.82 Å². The molecular weight excluding hydrogens is 442 g/mol. The molecule has 0 saturated heterocycles. The predicted octanol–water partition coefficient (Wildman–Crippen LogP) is 6.56. The molecule has 0 radical (unpaired) electrons. The van der Waals surface area contributed by atoms with Crippen LogP contribution in [0.5, 0.6) is 17.2 Å². The van der Waals surface area contributed by atoms with Crippen molar-refractivity contribution in [3.05, 3.63) is 59.5 Å². The van der Waals surface area contributed by atoms with E-state index in [0.717, 1.165) is 27.4 Å². The molecule has 4 aromatic rings. The minimum absolute atomic E-state index is 0.102. The van der Waals surface area contributed by atoms with Gasteiger partial charge in [-0.05, 0) is 47.2 Å². The largest absolute Gasteiger partial charge is 0.494 e. The lowest BCUT2D eigenvalue weighted by atomic mass is 10.0. The van der Waals surface area contributed by atoms with Crippen molar-refractivity contribution < 1.29 is 18.6 Å². The summed E-state index contributed by atoms with van der Waals surface area (Å²) in [5.41, 5.74) is 2.06. The molecule has 0 saturated carbocycles. The average molecular weight is 461 g/mol. The van der Waals surface area contributed by atoms with Crippen LogP contribution in [0.1, 0.15) is 0 Å². The number of aromatic nitrogens is 1. The van der Waals surface area contributed by atoms with Gasteiger partial charge >= 0.3 is 0 Å². The summed E-state index contributed by atoms with van der Waals surface area (Å²) >= 11 is 12.0. The van der Waals surface area contributed by atoms with Gasteiger partial charge in [0, 0.05) is 23.3 Å². The summed E-state index contributed by atoms with van der Waals surface area (Å²) in [6.45, 7) is 0.380. The highest BCUT2D eigenvalue weighted by Gasteiger charge is 2.13. The Morgan fingerprint density at radius 3 is 2.42 bits per heavy atom. The van der Waals surface area contributed by atoms with E-state index >= 15 is 0 Å². The zero-order valence-electron chi connectivity index (χ0n) is 16.8. The third kappa shape index (κ3) is 4.27. The number of ether oxygens (including phenoxy) is 3. The van der Waals surface area contributed by atoms with Crippen LogP contribution < -0.4 is 19.5 Å². The molecule has 0 aliphatic heterocycles. The van der Waals surface area contributed by atoms with Crippen molar-refractivity contribution in [3.63, 3.8) is 0 Å². The van der Waals surface area contributed by atoms with Gasteiger partial charge < -0.3 is 19.5 Å². The minimum atomic E-state index is -0.525. The molecule has 1 N–H and O–H groups in total. The molecule has 8 heteroatoms. The number of rotatable bonds is 7. The van der Waals surface area contributed by atoms with Crippen LogP contribution in [0.15, 0.2) is 48.7 Å². The number of fused-ring (bicyclic) bond motifs is 2. The van der Waals surface area contributed by atoms with Crippen LogP contribution in [0.3, 0.4) is 0 Å². The quantitative estimate of drug-likeness (QED) is 0.250. The first-order chi connectivity index (χ1) is 15.0. The topological polar surface area (TPSA) is 52.6 Å². The van der Waals surface area contributed by atoms with Gasteiger partial charge in [0.05, 0.1) is 36.3 Å². The van der Waals surface area contributed by atoms with Gasteiger partial charge in [-0.2, -0.15) is 0 Å². The van der Waals surface area contributed by atoms with Crippen molar-refractivity contribution in [2.75, 3.05) is 32.0 Å². The maximum Gasteiger partial charge on any atom is 0.166 e. The van der Waals surface area contributed by atoms with Crippen LogP contribution in [-0.2, 0) is 0 Å². The van der Waals surface area contributed by atoms with E-state index in [1.807, 2.05) is 30.3 Å². The molecule has 31 heavy (non-hydrogen) atoms. The monoisotopic (exact) mass is 460 g/mol.